The zero-order valence-corrected chi connectivity index (χ0v) is 12.5. The number of piperazine rings is 1. The largest absolute Gasteiger partial charge is 0.508 e. The van der Waals surface area contributed by atoms with Crippen LogP contribution >= 0.6 is 0 Å². The first-order valence-electron chi connectivity index (χ1n) is 7.11. The Bertz CT molecular complexity index is 453. The molecule has 1 aliphatic heterocycles. The summed E-state index contributed by atoms with van der Waals surface area (Å²) < 4.78 is 0. The topological polar surface area (TPSA) is 59.0 Å². The third-order valence-electron chi connectivity index (χ3n) is 4.12. The number of phenols is 2. The Kier molecular flexibility index (Phi) is 4.86. The lowest BCUT2D eigenvalue weighted by atomic mass is 10.1. The molecule has 0 spiro atoms. The minimum Gasteiger partial charge on any atom is -0.508 e. The van der Waals surface area contributed by atoms with Crippen molar-refractivity contribution in [2.75, 3.05) is 40.3 Å². The number of benzene rings is 1. The third-order valence-corrected chi connectivity index (χ3v) is 4.12. The third kappa shape index (κ3) is 3.62. The van der Waals surface area contributed by atoms with Crippen molar-refractivity contribution in [1.82, 2.24) is 15.1 Å². The number of nitrogens with zero attached hydrogens (tertiary/aromatic N) is 2. The summed E-state index contributed by atoms with van der Waals surface area (Å²) in [7, 11) is 4.29. The van der Waals surface area contributed by atoms with Gasteiger partial charge in [-0.3, -0.25) is 4.90 Å². The number of nitrogens with one attached hydrogen (secondary N) is 1. The van der Waals surface area contributed by atoms with Crippen molar-refractivity contribution in [3.63, 3.8) is 0 Å². The fraction of sp³-hybridized carbons (Fsp3) is 0.600. The van der Waals surface area contributed by atoms with Crippen LogP contribution in [-0.2, 0) is 0 Å². The van der Waals surface area contributed by atoms with Gasteiger partial charge in [0.05, 0.1) is 0 Å². The first-order chi connectivity index (χ1) is 9.47. The van der Waals surface area contributed by atoms with Crippen molar-refractivity contribution in [2.45, 2.75) is 19.0 Å². The summed E-state index contributed by atoms with van der Waals surface area (Å²) >= 11 is 0. The Morgan fingerprint density at radius 1 is 1.30 bits per heavy atom. The van der Waals surface area contributed by atoms with Crippen LogP contribution in [0.4, 0.5) is 0 Å². The first-order valence-corrected chi connectivity index (χ1v) is 7.11. The zero-order valence-electron chi connectivity index (χ0n) is 12.5. The molecule has 0 radical (unpaired) electrons. The van der Waals surface area contributed by atoms with Gasteiger partial charge in [-0.1, -0.05) is 0 Å². The van der Waals surface area contributed by atoms with Crippen molar-refractivity contribution >= 4 is 0 Å². The van der Waals surface area contributed by atoms with Crippen LogP contribution in [0.25, 0.3) is 0 Å². The Morgan fingerprint density at radius 3 is 2.80 bits per heavy atom. The lowest BCUT2D eigenvalue weighted by Gasteiger charge is -2.38. The molecule has 1 fully saturated rings. The average Bonchev–Trinajstić information content (AvgIpc) is 2.42. The van der Waals surface area contributed by atoms with Gasteiger partial charge in [0, 0.05) is 43.8 Å². The molecule has 0 aromatic heterocycles. The minimum absolute atomic E-state index is 0.00253. The van der Waals surface area contributed by atoms with E-state index in [4.69, 9.17) is 0 Å². The summed E-state index contributed by atoms with van der Waals surface area (Å²) in [4.78, 5) is 4.70. The van der Waals surface area contributed by atoms with E-state index in [1.165, 1.54) is 12.1 Å². The van der Waals surface area contributed by atoms with Gasteiger partial charge in [0.25, 0.3) is 0 Å². The molecule has 1 aromatic carbocycles. The summed E-state index contributed by atoms with van der Waals surface area (Å²) in [5.74, 6) is 0.401. The van der Waals surface area contributed by atoms with Gasteiger partial charge in [0.2, 0.25) is 0 Å². The van der Waals surface area contributed by atoms with Crippen molar-refractivity contribution in [3.8, 4) is 11.5 Å². The van der Waals surface area contributed by atoms with E-state index in [1.54, 1.807) is 6.07 Å². The molecule has 2 rings (SSSR count). The molecule has 3 N–H and O–H groups in total. The Labute approximate surface area is 120 Å². The minimum atomic E-state index is 0.00253. The quantitative estimate of drug-likeness (QED) is 0.718. The highest BCUT2D eigenvalue weighted by molar-refractivity contribution is 5.40. The van der Waals surface area contributed by atoms with Gasteiger partial charge in [-0.25, -0.2) is 0 Å². The predicted molar refractivity (Wildman–Crippen MR) is 80.1 cm³/mol. The van der Waals surface area contributed by atoms with E-state index in [-0.39, 0.29) is 17.5 Å². The molecular formula is C15H25N3O2. The van der Waals surface area contributed by atoms with Crippen molar-refractivity contribution in [1.29, 1.82) is 0 Å². The van der Waals surface area contributed by atoms with E-state index in [1.807, 2.05) is 6.92 Å². The SMILES string of the molecule is CC(NCC1CN(C)CCN1C)c1cc(O)ccc1O. The standard InChI is InChI=1S/C15H25N3O2/c1-11(14-8-13(19)4-5-15(14)20)16-9-12-10-17(2)6-7-18(12)3/h4-5,8,11-12,16,19-20H,6-7,9-10H2,1-3H3. The number of phenolic OH excluding ortho intramolecular Hbond substituents is 2. The van der Waals surface area contributed by atoms with E-state index < -0.39 is 0 Å². The molecule has 0 saturated carbocycles. The summed E-state index contributed by atoms with van der Waals surface area (Å²) in [6, 6.07) is 5.11. The lowest BCUT2D eigenvalue weighted by Crippen LogP contribution is -2.53. The average molecular weight is 279 g/mol. The van der Waals surface area contributed by atoms with E-state index in [0.29, 0.717) is 6.04 Å². The number of hydrogen-bond acceptors (Lipinski definition) is 5. The van der Waals surface area contributed by atoms with Crippen LogP contribution < -0.4 is 5.32 Å². The predicted octanol–water partition coefficient (Wildman–Crippen LogP) is 0.994. The van der Waals surface area contributed by atoms with Crippen LogP contribution in [0.2, 0.25) is 0 Å². The summed E-state index contributed by atoms with van der Waals surface area (Å²) in [6.07, 6.45) is 0. The number of hydrogen-bond donors (Lipinski definition) is 3. The highest BCUT2D eigenvalue weighted by Crippen LogP contribution is 2.27. The van der Waals surface area contributed by atoms with Gasteiger partial charge in [0.1, 0.15) is 11.5 Å². The highest BCUT2D eigenvalue weighted by Gasteiger charge is 2.22. The maximum atomic E-state index is 9.87. The van der Waals surface area contributed by atoms with E-state index in [9.17, 15) is 10.2 Å². The van der Waals surface area contributed by atoms with Gasteiger partial charge in [-0.15, -0.1) is 0 Å². The molecule has 0 bridgehead atoms. The molecule has 0 amide bonds. The number of likely N-dealkylation sites (N-methyl/N-ethyl adjacent to an activating group) is 2. The molecule has 112 valence electrons. The monoisotopic (exact) mass is 279 g/mol. The second kappa shape index (κ2) is 6.43. The Balaban J connectivity index is 1.94. The van der Waals surface area contributed by atoms with Crippen molar-refractivity contribution in [2.24, 2.45) is 0 Å². The molecule has 5 heteroatoms. The van der Waals surface area contributed by atoms with Crippen LogP contribution in [0.1, 0.15) is 18.5 Å². The van der Waals surface area contributed by atoms with Crippen LogP contribution in [0.15, 0.2) is 18.2 Å². The summed E-state index contributed by atoms with van der Waals surface area (Å²) in [6.45, 7) is 6.09. The van der Waals surface area contributed by atoms with Crippen molar-refractivity contribution < 1.29 is 10.2 Å². The van der Waals surface area contributed by atoms with E-state index in [2.05, 4.69) is 29.2 Å². The summed E-state index contributed by atoms with van der Waals surface area (Å²) in [5.41, 5.74) is 0.733. The Hall–Kier alpha value is -1.30. The zero-order chi connectivity index (χ0) is 14.7. The summed E-state index contributed by atoms with van der Waals surface area (Å²) in [5, 5.41) is 22.8. The van der Waals surface area contributed by atoms with Gasteiger partial charge in [-0.05, 0) is 39.2 Å². The van der Waals surface area contributed by atoms with Crippen LogP contribution in [0.3, 0.4) is 0 Å². The van der Waals surface area contributed by atoms with Crippen molar-refractivity contribution in [3.05, 3.63) is 23.8 Å². The fourth-order valence-electron chi connectivity index (χ4n) is 2.63. The molecule has 1 heterocycles. The number of rotatable bonds is 4. The molecule has 5 nitrogen and oxygen atoms in total. The second-order valence-electron chi connectivity index (χ2n) is 5.77. The normalized spacial score (nSPS) is 22.9. The van der Waals surface area contributed by atoms with Crippen LogP contribution in [-0.4, -0.2) is 66.3 Å². The Morgan fingerprint density at radius 2 is 2.05 bits per heavy atom. The second-order valence-corrected chi connectivity index (χ2v) is 5.77. The van der Waals surface area contributed by atoms with Gasteiger partial charge in [-0.2, -0.15) is 0 Å². The maximum absolute atomic E-state index is 9.87. The van der Waals surface area contributed by atoms with Crippen LogP contribution in [0.5, 0.6) is 11.5 Å². The molecule has 20 heavy (non-hydrogen) atoms. The molecule has 1 aliphatic rings. The first kappa shape index (κ1) is 15.1. The van der Waals surface area contributed by atoms with Gasteiger partial charge < -0.3 is 20.4 Å². The molecule has 0 aliphatic carbocycles. The van der Waals surface area contributed by atoms with Crippen LogP contribution in [0, 0.1) is 0 Å². The maximum Gasteiger partial charge on any atom is 0.120 e. The van der Waals surface area contributed by atoms with E-state index >= 15 is 0 Å². The number of aromatic hydroxyl groups is 2. The molecule has 1 saturated heterocycles. The molecule has 1 aromatic rings. The van der Waals surface area contributed by atoms with Gasteiger partial charge >= 0.3 is 0 Å². The highest BCUT2D eigenvalue weighted by atomic mass is 16.3. The molecular weight excluding hydrogens is 254 g/mol. The van der Waals surface area contributed by atoms with E-state index in [0.717, 1.165) is 31.7 Å². The van der Waals surface area contributed by atoms with Gasteiger partial charge in [0.15, 0.2) is 0 Å². The lowest BCUT2D eigenvalue weighted by molar-refractivity contribution is 0.111. The fourth-order valence-corrected chi connectivity index (χ4v) is 2.63. The smallest absolute Gasteiger partial charge is 0.120 e. The molecule has 2 unspecified atom stereocenters. The molecule has 2 atom stereocenters.